The molecule has 0 aliphatic heterocycles. The van der Waals surface area contributed by atoms with Crippen molar-refractivity contribution in [3.63, 3.8) is 0 Å². The molecule has 4 nitrogen and oxygen atoms in total. The predicted molar refractivity (Wildman–Crippen MR) is 75.2 cm³/mol. The topological polar surface area (TPSA) is 49.9 Å². The Morgan fingerprint density at radius 3 is 3.00 bits per heavy atom. The van der Waals surface area contributed by atoms with Crippen molar-refractivity contribution >= 4 is 0 Å². The Hall–Kier alpha value is -1.81. The Kier molecular flexibility index (Phi) is 3.25. The summed E-state index contributed by atoms with van der Waals surface area (Å²) in [5.74, 6) is 0.877. The van der Waals surface area contributed by atoms with Gasteiger partial charge in [0.05, 0.1) is 19.0 Å². The summed E-state index contributed by atoms with van der Waals surface area (Å²) < 4.78 is 5.45. The van der Waals surface area contributed by atoms with Gasteiger partial charge in [-0.05, 0) is 31.9 Å². The number of methoxy groups -OCH3 is 1. The molecule has 2 aromatic rings. The third kappa shape index (κ3) is 2.63. The summed E-state index contributed by atoms with van der Waals surface area (Å²) in [7, 11) is 1.70. The largest absolute Gasteiger partial charge is 0.496 e. The van der Waals surface area contributed by atoms with Crippen molar-refractivity contribution in [1.82, 2.24) is 15.5 Å². The molecule has 0 amide bonds. The number of ether oxygens (including phenoxy) is 1. The Labute approximate surface area is 113 Å². The van der Waals surface area contributed by atoms with Crippen LogP contribution in [0.3, 0.4) is 0 Å². The maximum absolute atomic E-state index is 5.45. The van der Waals surface area contributed by atoms with Crippen molar-refractivity contribution < 1.29 is 4.74 Å². The van der Waals surface area contributed by atoms with Gasteiger partial charge in [0.1, 0.15) is 5.75 Å². The minimum Gasteiger partial charge on any atom is -0.496 e. The molecule has 0 radical (unpaired) electrons. The zero-order valence-corrected chi connectivity index (χ0v) is 11.4. The van der Waals surface area contributed by atoms with E-state index in [1.54, 1.807) is 7.11 Å². The molecule has 1 aromatic carbocycles. The van der Waals surface area contributed by atoms with Gasteiger partial charge in [0.25, 0.3) is 0 Å². The van der Waals surface area contributed by atoms with Crippen LogP contribution in [0, 0.1) is 6.92 Å². The van der Waals surface area contributed by atoms with E-state index >= 15 is 0 Å². The second-order valence-corrected chi connectivity index (χ2v) is 5.13. The van der Waals surface area contributed by atoms with E-state index in [0.717, 1.165) is 23.6 Å². The van der Waals surface area contributed by atoms with Gasteiger partial charge >= 0.3 is 0 Å². The monoisotopic (exact) mass is 257 g/mol. The number of rotatable bonds is 5. The molecule has 0 saturated heterocycles. The van der Waals surface area contributed by atoms with Crippen LogP contribution in [0.5, 0.6) is 5.75 Å². The van der Waals surface area contributed by atoms with Crippen LogP contribution < -0.4 is 10.1 Å². The maximum Gasteiger partial charge on any atom is 0.128 e. The molecule has 100 valence electrons. The molecule has 0 bridgehead atoms. The van der Waals surface area contributed by atoms with Crippen LogP contribution in [0.2, 0.25) is 0 Å². The summed E-state index contributed by atoms with van der Waals surface area (Å²) in [6, 6.07) is 6.89. The zero-order valence-electron chi connectivity index (χ0n) is 11.4. The number of nitrogens with one attached hydrogen (secondary N) is 2. The highest BCUT2D eigenvalue weighted by molar-refractivity contribution is 5.70. The Morgan fingerprint density at radius 2 is 2.26 bits per heavy atom. The van der Waals surface area contributed by atoms with Gasteiger partial charge in [0.2, 0.25) is 0 Å². The van der Waals surface area contributed by atoms with Crippen LogP contribution in [0.25, 0.3) is 11.3 Å². The molecule has 0 spiro atoms. The molecule has 1 heterocycles. The quantitative estimate of drug-likeness (QED) is 0.865. The lowest BCUT2D eigenvalue weighted by atomic mass is 10.0. The van der Waals surface area contributed by atoms with Gasteiger partial charge < -0.3 is 10.1 Å². The minimum atomic E-state index is 0.696. The third-order valence-corrected chi connectivity index (χ3v) is 3.50. The lowest BCUT2D eigenvalue weighted by Crippen LogP contribution is -2.15. The van der Waals surface area contributed by atoms with E-state index in [2.05, 4.69) is 34.6 Å². The van der Waals surface area contributed by atoms with Gasteiger partial charge in [0.15, 0.2) is 0 Å². The van der Waals surface area contributed by atoms with Crippen molar-refractivity contribution in [3.8, 4) is 17.0 Å². The van der Waals surface area contributed by atoms with Crippen molar-refractivity contribution in [3.05, 3.63) is 35.5 Å². The first-order valence-electron chi connectivity index (χ1n) is 6.68. The molecular formula is C15H19N3O. The molecule has 1 aliphatic rings. The Morgan fingerprint density at radius 1 is 1.42 bits per heavy atom. The first-order valence-corrected chi connectivity index (χ1v) is 6.68. The number of hydrogen-bond acceptors (Lipinski definition) is 3. The summed E-state index contributed by atoms with van der Waals surface area (Å²) in [4.78, 5) is 0. The van der Waals surface area contributed by atoms with E-state index in [9.17, 15) is 0 Å². The first-order chi connectivity index (χ1) is 9.28. The first kappa shape index (κ1) is 12.2. The Balaban J connectivity index is 1.92. The van der Waals surface area contributed by atoms with E-state index in [4.69, 9.17) is 4.74 Å². The van der Waals surface area contributed by atoms with Crippen LogP contribution in [-0.2, 0) is 6.54 Å². The average molecular weight is 257 g/mol. The SMILES string of the molecule is COc1ccc(C)cc1-c1[nH]ncc1CNC1CC1. The highest BCUT2D eigenvalue weighted by Crippen LogP contribution is 2.32. The smallest absolute Gasteiger partial charge is 0.128 e. The minimum absolute atomic E-state index is 0.696. The van der Waals surface area contributed by atoms with Crippen LogP contribution >= 0.6 is 0 Å². The number of H-pyrrole nitrogens is 1. The zero-order chi connectivity index (χ0) is 13.2. The van der Waals surface area contributed by atoms with Crippen molar-refractivity contribution in [2.75, 3.05) is 7.11 Å². The fourth-order valence-corrected chi connectivity index (χ4v) is 2.24. The number of hydrogen-bond donors (Lipinski definition) is 2. The van der Waals surface area contributed by atoms with E-state index < -0.39 is 0 Å². The second-order valence-electron chi connectivity index (χ2n) is 5.13. The summed E-state index contributed by atoms with van der Waals surface area (Å²) in [5, 5.41) is 10.8. The molecule has 3 rings (SSSR count). The van der Waals surface area contributed by atoms with Gasteiger partial charge in [-0.3, -0.25) is 5.10 Å². The third-order valence-electron chi connectivity index (χ3n) is 3.50. The molecule has 0 unspecified atom stereocenters. The maximum atomic E-state index is 5.45. The van der Waals surface area contributed by atoms with Crippen LogP contribution in [0.15, 0.2) is 24.4 Å². The number of aromatic nitrogens is 2. The van der Waals surface area contributed by atoms with Gasteiger partial charge in [-0.25, -0.2) is 0 Å². The van der Waals surface area contributed by atoms with E-state index in [0.29, 0.717) is 6.04 Å². The molecule has 2 N–H and O–H groups in total. The van der Waals surface area contributed by atoms with Crippen LogP contribution in [-0.4, -0.2) is 23.3 Å². The van der Waals surface area contributed by atoms with E-state index in [1.165, 1.54) is 24.0 Å². The lowest BCUT2D eigenvalue weighted by molar-refractivity contribution is 0.416. The van der Waals surface area contributed by atoms with Gasteiger partial charge in [0, 0.05) is 23.7 Å². The summed E-state index contributed by atoms with van der Waals surface area (Å²) in [6.07, 6.45) is 4.48. The molecule has 1 aromatic heterocycles. The van der Waals surface area contributed by atoms with Gasteiger partial charge in [-0.1, -0.05) is 11.6 Å². The lowest BCUT2D eigenvalue weighted by Gasteiger charge is -2.10. The molecule has 19 heavy (non-hydrogen) atoms. The van der Waals surface area contributed by atoms with Crippen molar-refractivity contribution in [2.24, 2.45) is 0 Å². The van der Waals surface area contributed by atoms with Gasteiger partial charge in [-0.15, -0.1) is 0 Å². The van der Waals surface area contributed by atoms with Crippen molar-refractivity contribution in [2.45, 2.75) is 32.4 Å². The normalized spacial score (nSPS) is 14.6. The molecule has 1 fully saturated rings. The van der Waals surface area contributed by atoms with Crippen LogP contribution in [0.1, 0.15) is 24.0 Å². The summed E-state index contributed by atoms with van der Waals surface area (Å²) in [5.41, 5.74) is 4.53. The number of aromatic amines is 1. The van der Waals surface area contributed by atoms with Crippen LogP contribution in [0.4, 0.5) is 0 Å². The summed E-state index contributed by atoms with van der Waals surface area (Å²) >= 11 is 0. The highest BCUT2D eigenvalue weighted by Gasteiger charge is 2.21. The predicted octanol–water partition coefficient (Wildman–Crippen LogP) is 2.65. The second kappa shape index (κ2) is 5.05. The average Bonchev–Trinajstić information content (AvgIpc) is 3.13. The number of aryl methyl sites for hydroxylation is 1. The highest BCUT2D eigenvalue weighted by atomic mass is 16.5. The molecule has 0 atom stereocenters. The summed E-state index contributed by atoms with van der Waals surface area (Å²) in [6.45, 7) is 2.94. The molecular weight excluding hydrogens is 238 g/mol. The fraction of sp³-hybridized carbons (Fsp3) is 0.400. The van der Waals surface area contributed by atoms with E-state index in [-0.39, 0.29) is 0 Å². The fourth-order valence-electron chi connectivity index (χ4n) is 2.24. The number of nitrogens with zero attached hydrogens (tertiary/aromatic N) is 1. The van der Waals surface area contributed by atoms with Crippen molar-refractivity contribution in [1.29, 1.82) is 0 Å². The molecule has 1 saturated carbocycles. The molecule has 1 aliphatic carbocycles. The van der Waals surface area contributed by atoms with Gasteiger partial charge in [-0.2, -0.15) is 5.10 Å². The number of benzene rings is 1. The van der Waals surface area contributed by atoms with E-state index in [1.807, 2.05) is 12.3 Å². The Bertz CT molecular complexity index is 573. The molecule has 4 heteroatoms. The standard InChI is InChI=1S/C15H19N3O/c1-10-3-6-14(19-2)13(7-10)15-11(9-17-18-15)8-16-12-4-5-12/h3,6-7,9,12,16H,4-5,8H2,1-2H3,(H,17,18).